The number of rotatable bonds is 5. The topological polar surface area (TPSA) is 42.0 Å². The minimum Gasteiger partial charge on any atom is -0.351 e. The van der Waals surface area contributed by atoms with Crippen LogP contribution in [0, 0.1) is 6.92 Å². The zero-order valence-corrected chi connectivity index (χ0v) is 17.0. The number of fused-ring (bicyclic) bond motifs is 1. The van der Waals surface area contributed by atoms with Crippen LogP contribution in [0.4, 0.5) is 0 Å². The molecule has 3 nitrogen and oxygen atoms in total. The molecule has 3 aromatic carbocycles. The molecule has 0 saturated carbocycles. The van der Waals surface area contributed by atoms with Gasteiger partial charge in [-0.1, -0.05) is 72.3 Å². The van der Waals surface area contributed by atoms with Crippen LogP contribution in [-0.2, 0) is 17.8 Å². The smallest absolute Gasteiger partial charge is 0.224 e. The Balaban J connectivity index is 1.46. The van der Waals surface area contributed by atoms with Crippen molar-refractivity contribution in [3.05, 3.63) is 87.9 Å². The maximum absolute atomic E-state index is 12.5. The van der Waals surface area contributed by atoms with E-state index in [9.17, 15) is 4.79 Å². The zero-order valence-electron chi connectivity index (χ0n) is 15.4. The second kappa shape index (κ2) is 8.13. The lowest BCUT2D eigenvalue weighted by molar-refractivity contribution is -0.120. The molecule has 0 aliphatic heterocycles. The van der Waals surface area contributed by atoms with Crippen molar-refractivity contribution in [2.24, 2.45) is 0 Å². The molecule has 1 amide bonds. The fourth-order valence-corrected chi connectivity index (χ4v) is 4.53. The van der Waals surface area contributed by atoms with Gasteiger partial charge in [-0.3, -0.25) is 4.79 Å². The maximum atomic E-state index is 12.5. The molecule has 4 aromatic rings. The Morgan fingerprint density at radius 2 is 1.79 bits per heavy atom. The van der Waals surface area contributed by atoms with Gasteiger partial charge in [0.2, 0.25) is 5.91 Å². The van der Waals surface area contributed by atoms with Gasteiger partial charge < -0.3 is 5.32 Å². The number of hydrogen-bond donors (Lipinski definition) is 1. The van der Waals surface area contributed by atoms with Crippen LogP contribution in [0.1, 0.15) is 16.1 Å². The summed E-state index contributed by atoms with van der Waals surface area (Å²) >= 11 is 7.85. The number of hydrogen-bond acceptors (Lipinski definition) is 3. The molecular formula is C23H19ClN2OS. The fourth-order valence-electron chi connectivity index (χ4n) is 3.20. The molecule has 1 aromatic heterocycles. The Hall–Kier alpha value is -2.69. The summed E-state index contributed by atoms with van der Waals surface area (Å²) < 4.78 is 0. The molecular weight excluding hydrogens is 388 g/mol. The van der Waals surface area contributed by atoms with Crippen molar-refractivity contribution in [3.8, 4) is 10.6 Å². The second-order valence-electron chi connectivity index (χ2n) is 6.60. The van der Waals surface area contributed by atoms with E-state index in [2.05, 4.69) is 28.5 Å². The van der Waals surface area contributed by atoms with Crippen LogP contribution in [0.3, 0.4) is 0 Å². The molecule has 1 N–H and O–H groups in total. The highest BCUT2D eigenvalue weighted by Crippen LogP contribution is 2.32. The van der Waals surface area contributed by atoms with E-state index in [4.69, 9.17) is 11.6 Å². The highest BCUT2D eigenvalue weighted by atomic mass is 35.5. The van der Waals surface area contributed by atoms with Crippen molar-refractivity contribution in [1.82, 2.24) is 10.3 Å². The van der Waals surface area contributed by atoms with Crippen molar-refractivity contribution in [3.63, 3.8) is 0 Å². The number of thiazole rings is 1. The average molecular weight is 407 g/mol. The molecule has 0 unspecified atom stereocenters. The van der Waals surface area contributed by atoms with E-state index < -0.39 is 0 Å². The number of halogens is 1. The van der Waals surface area contributed by atoms with Crippen LogP contribution >= 0.6 is 22.9 Å². The van der Waals surface area contributed by atoms with Gasteiger partial charge in [0.25, 0.3) is 0 Å². The minimum absolute atomic E-state index is 0.00319. The lowest BCUT2D eigenvalue weighted by atomic mass is 10.0. The quantitative estimate of drug-likeness (QED) is 0.456. The molecule has 4 rings (SSSR count). The molecule has 0 aliphatic carbocycles. The van der Waals surface area contributed by atoms with E-state index in [0.717, 1.165) is 37.5 Å². The predicted molar refractivity (Wildman–Crippen MR) is 117 cm³/mol. The summed E-state index contributed by atoms with van der Waals surface area (Å²) in [6.07, 6.45) is 0.358. The van der Waals surface area contributed by atoms with E-state index in [-0.39, 0.29) is 5.91 Å². The Labute approximate surface area is 173 Å². The first-order chi connectivity index (χ1) is 13.6. The van der Waals surface area contributed by atoms with Crippen LogP contribution in [0.5, 0.6) is 0 Å². The van der Waals surface area contributed by atoms with Crippen LogP contribution in [0.15, 0.2) is 66.7 Å². The predicted octanol–water partition coefficient (Wildman–Crippen LogP) is 5.78. The number of nitrogens with one attached hydrogen (secondary N) is 1. The van der Waals surface area contributed by atoms with Gasteiger partial charge in [0.05, 0.1) is 23.7 Å². The third-order valence-corrected chi connectivity index (χ3v) is 6.19. The van der Waals surface area contributed by atoms with Crippen LogP contribution in [-0.4, -0.2) is 10.9 Å². The summed E-state index contributed by atoms with van der Waals surface area (Å²) in [5, 5.41) is 6.86. The summed E-state index contributed by atoms with van der Waals surface area (Å²) in [5.41, 5.74) is 2.88. The lowest BCUT2D eigenvalue weighted by Gasteiger charge is -2.07. The summed E-state index contributed by atoms with van der Waals surface area (Å²) in [7, 11) is 0. The number of carbonyl (C=O) groups is 1. The first-order valence-corrected chi connectivity index (χ1v) is 10.3. The summed E-state index contributed by atoms with van der Waals surface area (Å²) in [5.74, 6) is 0.00319. The molecule has 0 spiro atoms. The Morgan fingerprint density at radius 1 is 1.04 bits per heavy atom. The van der Waals surface area contributed by atoms with E-state index in [1.54, 1.807) is 11.3 Å². The largest absolute Gasteiger partial charge is 0.351 e. The minimum atomic E-state index is 0.00319. The third kappa shape index (κ3) is 3.93. The highest BCUT2D eigenvalue weighted by Gasteiger charge is 2.13. The van der Waals surface area contributed by atoms with Gasteiger partial charge >= 0.3 is 0 Å². The summed E-state index contributed by atoms with van der Waals surface area (Å²) in [6, 6.07) is 21.9. The molecule has 28 heavy (non-hydrogen) atoms. The lowest BCUT2D eigenvalue weighted by Crippen LogP contribution is -2.24. The van der Waals surface area contributed by atoms with E-state index >= 15 is 0 Å². The number of carbonyl (C=O) groups excluding carboxylic acids is 1. The molecule has 0 radical (unpaired) electrons. The molecule has 0 saturated heterocycles. The Kier molecular flexibility index (Phi) is 5.42. The first kappa shape index (κ1) is 18.7. The van der Waals surface area contributed by atoms with Gasteiger partial charge in [0, 0.05) is 10.4 Å². The zero-order chi connectivity index (χ0) is 19.5. The number of aromatic nitrogens is 1. The second-order valence-corrected chi connectivity index (χ2v) is 8.09. The fraction of sp³-hybridized carbons (Fsp3) is 0.130. The number of benzene rings is 3. The van der Waals surface area contributed by atoms with Crippen molar-refractivity contribution < 1.29 is 4.79 Å². The van der Waals surface area contributed by atoms with Crippen molar-refractivity contribution in [2.75, 3.05) is 0 Å². The van der Waals surface area contributed by atoms with E-state index in [1.807, 2.05) is 55.5 Å². The average Bonchev–Trinajstić information content (AvgIpc) is 3.07. The molecule has 0 atom stereocenters. The van der Waals surface area contributed by atoms with Gasteiger partial charge in [0.1, 0.15) is 5.01 Å². The Bertz CT molecular complexity index is 1150. The number of amides is 1. The molecule has 0 bridgehead atoms. The standard InChI is InChI=1S/C23H19ClN2OS/c1-15-21(28-23(26-15)19-11-4-5-12-20(19)24)14-25-22(27)13-17-9-6-8-16-7-2-3-10-18(16)17/h2-12H,13-14H2,1H3,(H,25,27). The third-order valence-electron chi connectivity index (χ3n) is 4.67. The normalized spacial score (nSPS) is 10.9. The molecule has 140 valence electrons. The van der Waals surface area contributed by atoms with Crippen molar-refractivity contribution >= 4 is 39.6 Å². The van der Waals surface area contributed by atoms with Crippen LogP contribution < -0.4 is 5.32 Å². The van der Waals surface area contributed by atoms with Gasteiger partial charge in [-0.2, -0.15) is 0 Å². The first-order valence-electron chi connectivity index (χ1n) is 9.06. The number of nitrogens with zero attached hydrogens (tertiary/aromatic N) is 1. The summed E-state index contributed by atoms with van der Waals surface area (Å²) in [4.78, 5) is 18.2. The molecule has 0 fully saturated rings. The van der Waals surface area contributed by atoms with Crippen molar-refractivity contribution in [2.45, 2.75) is 19.9 Å². The SMILES string of the molecule is Cc1nc(-c2ccccc2Cl)sc1CNC(=O)Cc1cccc2ccccc12. The van der Waals surface area contributed by atoms with Gasteiger partial charge in [-0.25, -0.2) is 4.98 Å². The maximum Gasteiger partial charge on any atom is 0.224 e. The van der Waals surface area contributed by atoms with Gasteiger partial charge in [-0.15, -0.1) is 11.3 Å². The van der Waals surface area contributed by atoms with E-state index in [1.165, 1.54) is 0 Å². The molecule has 1 heterocycles. The van der Waals surface area contributed by atoms with Crippen molar-refractivity contribution in [1.29, 1.82) is 0 Å². The molecule has 5 heteroatoms. The monoisotopic (exact) mass is 406 g/mol. The highest BCUT2D eigenvalue weighted by molar-refractivity contribution is 7.15. The van der Waals surface area contributed by atoms with E-state index in [0.29, 0.717) is 18.0 Å². The summed E-state index contributed by atoms with van der Waals surface area (Å²) in [6.45, 7) is 2.43. The van der Waals surface area contributed by atoms with Gasteiger partial charge in [0.15, 0.2) is 0 Å². The van der Waals surface area contributed by atoms with Crippen LogP contribution in [0.25, 0.3) is 21.3 Å². The molecule has 0 aliphatic rings. The van der Waals surface area contributed by atoms with Gasteiger partial charge in [-0.05, 0) is 29.3 Å². The van der Waals surface area contributed by atoms with Crippen LogP contribution in [0.2, 0.25) is 5.02 Å². The number of aryl methyl sites for hydroxylation is 1. The Morgan fingerprint density at radius 3 is 2.64 bits per heavy atom.